The lowest BCUT2D eigenvalue weighted by Gasteiger charge is -2.39. The van der Waals surface area contributed by atoms with E-state index < -0.39 is 0 Å². The van der Waals surface area contributed by atoms with Crippen molar-refractivity contribution >= 4 is 35.8 Å². The molecule has 2 unspecified atom stereocenters. The topological polar surface area (TPSA) is 57.7 Å². The zero-order chi connectivity index (χ0) is 22.2. The molecule has 186 valence electrons. The maximum atomic E-state index is 12.7. The fourth-order valence-electron chi connectivity index (χ4n) is 4.88. The van der Waals surface area contributed by atoms with Crippen LogP contribution >= 0.6 is 24.0 Å². The van der Waals surface area contributed by atoms with E-state index in [4.69, 9.17) is 4.99 Å². The third kappa shape index (κ3) is 7.99. The first-order chi connectivity index (χ1) is 15.0. The van der Waals surface area contributed by atoms with Gasteiger partial charge in [-0.15, -0.1) is 24.0 Å². The number of rotatable bonds is 7. The maximum Gasteiger partial charge on any atom is 0.239 e. The average Bonchev–Trinajstić information content (AvgIpc) is 3.32. The Balaban J connectivity index is 0.00000363. The first-order valence-corrected chi connectivity index (χ1v) is 12.4. The van der Waals surface area contributed by atoms with Crippen LogP contribution in [0.3, 0.4) is 0 Å². The number of hydrogen-bond acceptors (Lipinski definition) is 5. The second-order valence-corrected chi connectivity index (χ2v) is 9.64. The summed E-state index contributed by atoms with van der Waals surface area (Å²) in [6.07, 6.45) is 2.31. The Kier molecular flexibility index (Phi) is 12.0. The molecule has 1 amide bonds. The van der Waals surface area contributed by atoms with E-state index in [-0.39, 0.29) is 30.0 Å². The minimum Gasteiger partial charge on any atom is -0.357 e. The molecule has 8 nitrogen and oxygen atoms in total. The van der Waals surface area contributed by atoms with Crippen LogP contribution in [0.15, 0.2) is 4.99 Å². The number of likely N-dealkylation sites (tertiary alicyclic amines) is 1. The Hall–Kier alpha value is -0.650. The summed E-state index contributed by atoms with van der Waals surface area (Å²) in [4.78, 5) is 29.5. The Morgan fingerprint density at radius 1 is 0.906 bits per heavy atom. The van der Waals surface area contributed by atoms with E-state index in [1.54, 1.807) is 0 Å². The van der Waals surface area contributed by atoms with Gasteiger partial charge >= 0.3 is 0 Å². The van der Waals surface area contributed by atoms with E-state index in [2.05, 4.69) is 52.7 Å². The second-order valence-electron chi connectivity index (χ2n) is 9.64. The van der Waals surface area contributed by atoms with Gasteiger partial charge in [-0.2, -0.15) is 0 Å². The molecule has 0 radical (unpaired) electrons. The number of carbonyl (C=O) groups excluding carboxylic acids is 1. The van der Waals surface area contributed by atoms with E-state index in [1.807, 2.05) is 4.90 Å². The van der Waals surface area contributed by atoms with Crippen LogP contribution in [0.4, 0.5) is 0 Å². The van der Waals surface area contributed by atoms with Gasteiger partial charge in [0, 0.05) is 85.1 Å². The van der Waals surface area contributed by atoms with Crippen LogP contribution in [-0.2, 0) is 4.79 Å². The highest BCUT2D eigenvalue weighted by Crippen LogP contribution is 2.14. The number of amides is 1. The number of aliphatic imine (C=N–C) groups is 1. The molecule has 32 heavy (non-hydrogen) atoms. The summed E-state index contributed by atoms with van der Waals surface area (Å²) in [7, 11) is 2.20. The summed E-state index contributed by atoms with van der Waals surface area (Å²) >= 11 is 0. The number of nitrogens with zero attached hydrogens (tertiary/aromatic N) is 6. The minimum absolute atomic E-state index is 0. The van der Waals surface area contributed by atoms with Crippen LogP contribution < -0.4 is 5.32 Å². The molecular formula is C23H46IN7O. The molecule has 0 aromatic heterocycles. The van der Waals surface area contributed by atoms with Gasteiger partial charge in [0.25, 0.3) is 0 Å². The summed E-state index contributed by atoms with van der Waals surface area (Å²) in [5.74, 6) is 1.90. The number of nitrogens with one attached hydrogen (secondary N) is 1. The molecular weight excluding hydrogens is 517 g/mol. The molecule has 3 aliphatic heterocycles. The molecule has 2 atom stereocenters. The number of halogens is 1. The quantitative estimate of drug-likeness (QED) is 0.285. The maximum absolute atomic E-state index is 12.7. The molecule has 3 aliphatic rings. The molecule has 0 bridgehead atoms. The smallest absolute Gasteiger partial charge is 0.239 e. The summed E-state index contributed by atoms with van der Waals surface area (Å²) < 4.78 is 0. The first kappa shape index (κ1) is 27.6. The molecule has 0 aromatic rings. The Bertz CT molecular complexity index is 583. The number of likely N-dealkylation sites (N-methyl/N-ethyl adjacent to an activating group) is 1. The molecule has 0 spiro atoms. The molecule has 0 aliphatic carbocycles. The van der Waals surface area contributed by atoms with E-state index in [0.717, 1.165) is 77.7 Å². The van der Waals surface area contributed by atoms with E-state index >= 15 is 0 Å². The lowest BCUT2D eigenvalue weighted by Crippen LogP contribution is -2.57. The molecule has 1 N–H and O–H groups in total. The van der Waals surface area contributed by atoms with Crippen LogP contribution in [-0.4, -0.2) is 135 Å². The zero-order valence-corrected chi connectivity index (χ0v) is 23.1. The van der Waals surface area contributed by atoms with Crippen molar-refractivity contribution < 1.29 is 4.79 Å². The van der Waals surface area contributed by atoms with Gasteiger partial charge in [-0.25, -0.2) is 0 Å². The number of piperazine rings is 2. The van der Waals surface area contributed by atoms with Gasteiger partial charge in [-0.05, 0) is 39.7 Å². The lowest BCUT2D eigenvalue weighted by molar-refractivity contribution is -0.135. The van der Waals surface area contributed by atoms with Crippen LogP contribution in [0, 0.1) is 5.92 Å². The number of guanidine groups is 1. The highest BCUT2D eigenvalue weighted by Gasteiger charge is 2.30. The Labute approximate surface area is 212 Å². The summed E-state index contributed by atoms with van der Waals surface area (Å²) in [6, 6.07) is -0.0108. The summed E-state index contributed by atoms with van der Waals surface area (Å²) in [5.41, 5.74) is 0. The fraction of sp³-hybridized carbons (Fsp3) is 0.913. The van der Waals surface area contributed by atoms with Gasteiger partial charge in [0.1, 0.15) is 0 Å². The van der Waals surface area contributed by atoms with Crippen molar-refractivity contribution in [3.8, 4) is 0 Å². The molecule has 3 rings (SSSR count). The highest BCUT2D eigenvalue weighted by atomic mass is 127. The monoisotopic (exact) mass is 563 g/mol. The van der Waals surface area contributed by atoms with Crippen molar-refractivity contribution in [3.63, 3.8) is 0 Å². The highest BCUT2D eigenvalue weighted by molar-refractivity contribution is 14.0. The molecule has 0 saturated carbocycles. The Morgan fingerprint density at radius 3 is 2.12 bits per heavy atom. The van der Waals surface area contributed by atoms with Gasteiger partial charge in [-0.3, -0.25) is 14.7 Å². The molecule has 3 saturated heterocycles. The standard InChI is InChI=1S/C23H45N7O.HI/c1-5-24-23(25-18-20(2)19-27-12-10-26(4)11-13-27)30-16-14-28(15-17-30)21(3)22(31)29-8-6-7-9-29;/h20-21H,5-19H2,1-4H3,(H,24,25);1H. The predicted octanol–water partition coefficient (Wildman–Crippen LogP) is 1.08. The van der Waals surface area contributed by atoms with Gasteiger partial charge in [-0.1, -0.05) is 6.92 Å². The molecule has 3 heterocycles. The van der Waals surface area contributed by atoms with Gasteiger partial charge in [0.05, 0.1) is 6.04 Å². The summed E-state index contributed by atoms with van der Waals surface area (Å²) in [6.45, 7) is 19.6. The van der Waals surface area contributed by atoms with Crippen LogP contribution in [0.5, 0.6) is 0 Å². The van der Waals surface area contributed by atoms with Crippen LogP contribution in [0.1, 0.15) is 33.6 Å². The SMILES string of the molecule is CCNC(=NCC(C)CN1CCN(C)CC1)N1CCN(C(C)C(=O)N2CCCC2)CC1.I. The van der Waals surface area contributed by atoms with Crippen molar-refractivity contribution in [1.82, 2.24) is 29.8 Å². The van der Waals surface area contributed by atoms with Crippen molar-refractivity contribution in [2.75, 3.05) is 92.1 Å². The normalized spacial score (nSPS) is 23.7. The van der Waals surface area contributed by atoms with Crippen molar-refractivity contribution in [2.24, 2.45) is 10.9 Å². The Morgan fingerprint density at radius 2 is 1.53 bits per heavy atom. The zero-order valence-electron chi connectivity index (χ0n) is 20.8. The molecule has 3 fully saturated rings. The first-order valence-electron chi connectivity index (χ1n) is 12.4. The van der Waals surface area contributed by atoms with Crippen molar-refractivity contribution in [3.05, 3.63) is 0 Å². The van der Waals surface area contributed by atoms with Crippen molar-refractivity contribution in [1.29, 1.82) is 0 Å². The number of carbonyl (C=O) groups is 1. The van der Waals surface area contributed by atoms with Gasteiger partial charge in [0.15, 0.2) is 5.96 Å². The second kappa shape index (κ2) is 13.9. The average molecular weight is 564 g/mol. The third-order valence-electron chi connectivity index (χ3n) is 6.99. The van der Waals surface area contributed by atoms with Gasteiger partial charge < -0.3 is 24.9 Å². The van der Waals surface area contributed by atoms with E-state index in [0.29, 0.717) is 11.8 Å². The van der Waals surface area contributed by atoms with Crippen LogP contribution in [0.2, 0.25) is 0 Å². The van der Waals surface area contributed by atoms with Crippen molar-refractivity contribution in [2.45, 2.75) is 39.7 Å². The van der Waals surface area contributed by atoms with Gasteiger partial charge in [0.2, 0.25) is 5.91 Å². The number of hydrogen-bond donors (Lipinski definition) is 1. The predicted molar refractivity (Wildman–Crippen MR) is 143 cm³/mol. The molecule has 9 heteroatoms. The molecule has 0 aromatic carbocycles. The van der Waals surface area contributed by atoms with Crippen LogP contribution in [0.25, 0.3) is 0 Å². The third-order valence-corrected chi connectivity index (χ3v) is 6.99. The lowest BCUT2D eigenvalue weighted by atomic mass is 10.1. The summed E-state index contributed by atoms with van der Waals surface area (Å²) in [5, 5.41) is 3.49. The minimum atomic E-state index is -0.0108. The van der Waals surface area contributed by atoms with E-state index in [1.165, 1.54) is 26.2 Å². The largest absolute Gasteiger partial charge is 0.357 e. The fourth-order valence-corrected chi connectivity index (χ4v) is 4.88. The van der Waals surface area contributed by atoms with E-state index in [9.17, 15) is 4.79 Å².